The predicted octanol–water partition coefficient (Wildman–Crippen LogP) is 4.21. The number of anilines is 1. The van der Waals surface area contributed by atoms with Crippen LogP contribution < -0.4 is 10.1 Å². The zero-order valence-corrected chi connectivity index (χ0v) is 19.2. The molecule has 0 unspecified atom stereocenters. The van der Waals surface area contributed by atoms with E-state index in [1.165, 1.54) is 38.5 Å². The summed E-state index contributed by atoms with van der Waals surface area (Å²) in [5.74, 6) is -2.45. The Labute approximate surface area is 200 Å². The highest BCUT2D eigenvalue weighted by Crippen LogP contribution is 2.38. The lowest BCUT2D eigenvalue weighted by Gasteiger charge is -2.21. The first kappa shape index (κ1) is 23.4. The molecule has 35 heavy (non-hydrogen) atoms. The number of phenols is 1. The zero-order valence-electron chi connectivity index (χ0n) is 19.2. The number of hydrogen-bond donors (Lipinski definition) is 2. The highest BCUT2D eigenvalue weighted by molar-refractivity contribution is 6.40. The molecule has 3 aromatic rings. The highest BCUT2D eigenvalue weighted by atomic mass is 16.5. The molecule has 176 valence electrons. The fourth-order valence-corrected chi connectivity index (χ4v) is 4.03. The van der Waals surface area contributed by atoms with Crippen molar-refractivity contribution in [2.75, 3.05) is 19.5 Å². The van der Waals surface area contributed by atoms with Crippen molar-refractivity contribution in [1.82, 2.24) is 0 Å². The molecule has 0 spiro atoms. The van der Waals surface area contributed by atoms with Crippen molar-refractivity contribution < 1.29 is 33.8 Å². The Morgan fingerprint density at radius 1 is 0.914 bits per heavy atom. The van der Waals surface area contributed by atoms with Crippen LogP contribution >= 0.6 is 0 Å². The van der Waals surface area contributed by atoms with Crippen LogP contribution in [0.2, 0.25) is 0 Å². The zero-order chi connectivity index (χ0) is 25.3. The van der Waals surface area contributed by atoms with Gasteiger partial charge < -0.3 is 19.9 Å². The van der Waals surface area contributed by atoms with Gasteiger partial charge in [-0.1, -0.05) is 24.3 Å². The molecule has 0 atom stereocenters. The molecule has 8 nitrogen and oxygen atoms in total. The summed E-state index contributed by atoms with van der Waals surface area (Å²) in [5, 5.41) is 12.8. The molecular weight excluding hydrogens is 450 g/mol. The summed E-state index contributed by atoms with van der Waals surface area (Å²) in [6.07, 6.45) is 1.09. The standard InChI is InChI=1S/C27H21NO7/c1-14-11-18(26(32)28-19-9-5-4-7-15(19)27(33)35-3)23(22(12-14)34-2)17-13-21(30)24-16(25(17)31)8-6-10-20(24)29/h4-13,29H,1-3H3,(H,28,32). The van der Waals surface area contributed by atoms with Crippen LogP contribution in [0.4, 0.5) is 5.69 Å². The average molecular weight is 471 g/mol. The number of ketones is 2. The molecule has 0 fully saturated rings. The van der Waals surface area contributed by atoms with E-state index in [1.54, 1.807) is 37.3 Å². The second-order valence-corrected chi connectivity index (χ2v) is 7.83. The van der Waals surface area contributed by atoms with Gasteiger partial charge in [-0.3, -0.25) is 14.4 Å². The van der Waals surface area contributed by atoms with Crippen molar-refractivity contribution in [2.24, 2.45) is 0 Å². The van der Waals surface area contributed by atoms with Gasteiger partial charge in [0.2, 0.25) is 0 Å². The Balaban J connectivity index is 1.86. The molecule has 1 aliphatic carbocycles. The average Bonchev–Trinajstić information content (AvgIpc) is 2.85. The van der Waals surface area contributed by atoms with E-state index >= 15 is 0 Å². The minimum Gasteiger partial charge on any atom is -0.507 e. The Hall–Kier alpha value is -4.72. The quantitative estimate of drug-likeness (QED) is 0.535. The number of allylic oxidation sites excluding steroid dienone is 2. The number of rotatable bonds is 5. The van der Waals surface area contributed by atoms with Crippen molar-refractivity contribution in [3.8, 4) is 11.5 Å². The molecule has 0 aliphatic heterocycles. The van der Waals surface area contributed by atoms with Gasteiger partial charge in [-0.25, -0.2) is 4.79 Å². The van der Waals surface area contributed by atoms with Crippen LogP contribution in [0.15, 0.2) is 60.7 Å². The molecule has 0 saturated carbocycles. The lowest BCUT2D eigenvalue weighted by atomic mass is 9.83. The van der Waals surface area contributed by atoms with Crippen LogP contribution in [0, 0.1) is 6.92 Å². The van der Waals surface area contributed by atoms with Crippen LogP contribution in [0.1, 0.15) is 52.6 Å². The first-order chi connectivity index (χ1) is 16.8. The van der Waals surface area contributed by atoms with Crippen LogP contribution in [0.3, 0.4) is 0 Å². The van der Waals surface area contributed by atoms with E-state index in [0.717, 1.165) is 6.08 Å². The van der Waals surface area contributed by atoms with E-state index < -0.39 is 23.4 Å². The number of para-hydroxylation sites is 1. The number of amides is 1. The summed E-state index contributed by atoms with van der Waals surface area (Å²) in [4.78, 5) is 51.9. The number of esters is 1. The number of carbonyl (C=O) groups excluding carboxylic acids is 4. The summed E-state index contributed by atoms with van der Waals surface area (Å²) < 4.78 is 10.3. The minimum atomic E-state index is -0.630. The number of aromatic hydroxyl groups is 1. The summed E-state index contributed by atoms with van der Waals surface area (Å²) >= 11 is 0. The number of aryl methyl sites for hydroxylation is 1. The highest BCUT2D eigenvalue weighted by Gasteiger charge is 2.33. The SMILES string of the molecule is COC(=O)c1ccccc1NC(=O)c1cc(C)cc(OC)c1C1=CC(=O)c2c(O)cccc2C1=O. The van der Waals surface area contributed by atoms with Gasteiger partial charge in [0, 0.05) is 16.7 Å². The number of methoxy groups -OCH3 is 2. The lowest BCUT2D eigenvalue weighted by molar-refractivity contribution is 0.0601. The van der Waals surface area contributed by atoms with E-state index in [4.69, 9.17) is 9.47 Å². The Bertz CT molecular complexity index is 1440. The number of nitrogens with one attached hydrogen (secondary N) is 1. The van der Waals surface area contributed by atoms with Crippen molar-refractivity contribution >= 4 is 34.7 Å². The third-order valence-corrected chi connectivity index (χ3v) is 5.61. The number of hydrogen-bond acceptors (Lipinski definition) is 7. The normalized spacial score (nSPS) is 12.5. The third-order valence-electron chi connectivity index (χ3n) is 5.61. The number of benzene rings is 3. The van der Waals surface area contributed by atoms with E-state index in [9.17, 15) is 24.3 Å². The molecule has 0 saturated heterocycles. The van der Waals surface area contributed by atoms with Crippen LogP contribution in [0.5, 0.6) is 11.5 Å². The second-order valence-electron chi connectivity index (χ2n) is 7.83. The van der Waals surface area contributed by atoms with Crippen molar-refractivity contribution in [3.63, 3.8) is 0 Å². The predicted molar refractivity (Wildman–Crippen MR) is 128 cm³/mol. The number of fused-ring (bicyclic) bond motifs is 1. The minimum absolute atomic E-state index is 0.0255. The molecule has 3 aromatic carbocycles. The van der Waals surface area contributed by atoms with E-state index in [1.807, 2.05) is 0 Å². The Morgan fingerprint density at radius 2 is 1.66 bits per heavy atom. The smallest absolute Gasteiger partial charge is 0.339 e. The van der Waals surface area contributed by atoms with Gasteiger partial charge in [-0.15, -0.1) is 0 Å². The molecule has 0 radical (unpaired) electrons. The maximum atomic E-state index is 13.5. The maximum Gasteiger partial charge on any atom is 0.339 e. The fourth-order valence-electron chi connectivity index (χ4n) is 4.03. The number of ether oxygens (including phenoxy) is 2. The largest absolute Gasteiger partial charge is 0.507 e. The summed E-state index contributed by atoms with van der Waals surface area (Å²) in [6.45, 7) is 1.75. The molecule has 2 N–H and O–H groups in total. The van der Waals surface area contributed by atoms with E-state index in [2.05, 4.69) is 5.32 Å². The second kappa shape index (κ2) is 9.26. The molecule has 0 heterocycles. The number of phenolic OH excluding ortho intramolecular Hbond substituents is 1. The van der Waals surface area contributed by atoms with Gasteiger partial charge in [-0.2, -0.15) is 0 Å². The topological polar surface area (TPSA) is 119 Å². The first-order valence-corrected chi connectivity index (χ1v) is 10.6. The van der Waals surface area contributed by atoms with Crippen molar-refractivity contribution in [2.45, 2.75) is 6.92 Å². The lowest BCUT2D eigenvalue weighted by Crippen LogP contribution is -2.21. The third kappa shape index (κ3) is 4.17. The van der Waals surface area contributed by atoms with Crippen molar-refractivity contribution in [3.05, 3.63) is 94.1 Å². The first-order valence-electron chi connectivity index (χ1n) is 10.6. The van der Waals surface area contributed by atoms with Gasteiger partial charge >= 0.3 is 5.97 Å². The maximum absolute atomic E-state index is 13.5. The molecule has 1 amide bonds. The molecule has 8 heteroatoms. The van der Waals surface area contributed by atoms with Gasteiger partial charge in [0.25, 0.3) is 5.91 Å². The Kier molecular flexibility index (Phi) is 6.20. The molecular formula is C27H21NO7. The molecule has 4 rings (SSSR count). The number of carbonyl (C=O) groups is 4. The van der Waals surface area contributed by atoms with Gasteiger partial charge in [0.05, 0.1) is 36.6 Å². The number of Topliss-reactive ketones (excluding diaryl/α,β-unsaturated/α-hetero) is 1. The van der Waals surface area contributed by atoms with Gasteiger partial charge in [0.1, 0.15) is 11.5 Å². The van der Waals surface area contributed by atoms with Crippen molar-refractivity contribution in [1.29, 1.82) is 0 Å². The Morgan fingerprint density at radius 3 is 2.37 bits per heavy atom. The summed E-state index contributed by atoms with van der Waals surface area (Å²) in [7, 11) is 2.63. The summed E-state index contributed by atoms with van der Waals surface area (Å²) in [6, 6.07) is 13.8. The monoisotopic (exact) mass is 471 g/mol. The fraction of sp³-hybridized carbons (Fsp3) is 0.111. The van der Waals surface area contributed by atoms with Gasteiger partial charge in [0.15, 0.2) is 11.6 Å². The molecule has 0 bridgehead atoms. The van der Waals surface area contributed by atoms with Crippen LogP contribution in [-0.2, 0) is 4.74 Å². The van der Waals surface area contributed by atoms with Crippen LogP contribution in [0.25, 0.3) is 5.57 Å². The van der Waals surface area contributed by atoms with Crippen LogP contribution in [-0.4, -0.2) is 42.8 Å². The molecule has 0 aromatic heterocycles. The summed E-state index contributed by atoms with van der Waals surface area (Å²) in [5.41, 5.74) is 1.11. The van der Waals surface area contributed by atoms with E-state index in [-0.39, 0.29) is 50.6 Å². The van der Waals surface area contributed by atoms with E-state index in [0.29, 0.717) is 5.56 Å². The molecule has 1 aliphatic rings. The van der Waals surface area contributed by atoms with Gasteiger partial charge in [-0.05, 0) is 48.9 Å².